The summed E-state index contributed by atoms with van der Waals surface area (Å²) in [4.78, 5) is 75.9. The lowest BCUT2D eigenvalue weighted by Gasteiger charge is -2.27. The number of fused-ring (bicyclic) bond motifs is 4. The molecule has 64 heavy (non-hydrogen) atoms. The summed E-state index contributed by atoms with van der Waals surface area (Å²) >= 11 is 0. The third-order valence-electron chi connectivity index (χ3n) is 10.9. The Hall–Kier alpha value is -5.56. The molecule has 3 aromatic carbocycles. The monoisotopic (exact) mass is 886 g/mol. The maximum absolute atomic E-state index is 13.2. The van der Waals surface area contributed by atoms with Crippen molar-refractivity contribution >= 4 is 41.3 Å². The van der Waals surface area contributed by atoms with Gasteiger partial charge in [-0.25, -0.2) is 4.79 Å². The number of imide groups is 2. The highest BCUT2D eigenvalue weighted by Gasteiger charge is 2.45. The number of nitrogens with one attached hydrogen (secondary N) is 3. The lowest BCUT2D eigenvalue weighted by molar-refractivity contribution is -0.136. The summed E-state index contributed by atoms with van der Waals surface area (Å²) in [5.41, 5.74) is 5.13. The quantitative estimate of drug-likeness (QED) is 0.0644. The SMILES string of the molecule is O=C1CCC(N2C(=O)c3cccc(NC(=O)CCCCCOCCOCCOCCOCCOCCOCCCNC(=O)OCC4c5ccccc5-c5ccccc54)c3C2=O)C(=O)N1. The van der Waals surface area contributed by atoms with Crippen molar-refractivity contribution in [3.63, 3.8) is 0 Å². The summed E-state index contributed by atoms with van der Waals surface area (Å²) in [7, 11) is 0. The van der Waals surface area contributed by atoms with Crippen LogP contribution >= 0.6 is 0 Å². The number of anilines is 1. The van der Waals surface area contributed by atoms with Gasteiger partial charge in [-0.3, -0.25) is 34.2 Å². The Morgan fingerprint density at radius 1 is 0.609 bits per heavy atom. The van der Waals surface area contributed by atoms with Crippen LogP contribution < -0.4 is 16.0 Å². The number of hydrogen-bond acceptors (Lipinski definition) is 13. The molecule has 2 aliphatic heterocycles. The molecule has 2 heterocycles. The number of ether oxygens (including phenoxy) is 7. The van der Waals surface area contributed by atoms with Gasteiger partial charge in [0.25, 0.3) is 11.8 Å². The molecule has 1 fully saturated rings. The van der Waals surface area contributed by atoms with E-state index in [2.05, 4.69) is 40.2 Å². The molecule has 3 aliphatic rings. The van der Waals surface area contributed by atoms with Crippen molar-refractivity contribution in [1.29, 1.82) is 0 Å². The molecule has 0 bridgehead atoms. The van der Waals surface area contributed by atoms with Crippen molar-refractivity contribution in [3.05, 3.63) is 89.0 Å². The van der Waals surface area contributed by atoms with Crippen LogP contribution in [-0.4, -0.2) is 139 Å². The molecule has 17 nitrogen and oxygen atoms in total. The molecule has 0 spiro atoms. The highest BCUT2D eigenvalue weighted by atomic mass is 16.6. The second-order valence-electron chi connectivity index (χ2n) is 15.3. The van der Waals surface area contributed by atoms with Crippen LogP contribution in [0.25, 0.3) is 11.1 Å². The van der Waals surface area contributed by atoms with E-state index in [4.69, 9.17) is 33.2 Å². The van der Waals surface area contributed by atoms with Crippen LogP contribution in [0.4, 0.5) is 10.5 Å². The molecule has 1 unspecified atom stereocenters. The van der Waals surface area contributed by atoms with Crippen LogP contribution in [0.3, 0.4) is 0 Å². The minimum atomic E-state index is -1.08. The van der Waals surface area contributed by atoms with E-state index in [0.717, 1.165) is 17.7 Å². The first-order valence-electron chi connectivity index (χ1n) is 22.0. The molecule has 1 saturated heterocycles. The molecule has 1 aliphatic carbocycles. The van der Waals surface area contributed by atoms with E-state index in [1.54, 1.807) is 12.1 Å². The number of benzene rings is 3. The highest BCUT2D eigenvalue weighted by molar-refractivity contribution is 6.26. The number of carbonyl (C=O) groups is 6. The third kappa shape index (κ3) is 13.7. The first-order chi connectivity index (χ1) is 31.3. The average Bonchev–Trinajstić information content (AvgIpc) is 3.75. The molecule has 17 heteroatoms. The number of alkyl carbamates (subject to hydrolysis) is 1. The van der Waals surface area contributed by atoms with E-state index in [9.17, 15) is 28.8 Å². The average molecular weight is 887 g/mol. The third-order valence-corrected chi connectivity index (χ3v) is 10.9. The van der Waals surface area contributed by atoms with Gasteiger partial charge in [0, 0.05) is 38.5 Å². The van der Waals surface area contributed by atoms with E-state index in [-0.39, 0.29) is 54.5 Å². The van der Waals surface area contributed by atoms with Crippen LogP contribution in [0.1, 0.15) is 82.7 Å². The van der Waals surface area contributed by atoms with Crippen LogP contribution in [0, 0.1) is 0 Å². The van der Waals surface area contributed by atoms with Crippen LogP contribution in [0.5, 0.6) is 0 Å². The van der Waals surface area contributed by atoms with Crippen LogP contribution in [0.15, 0.2) is 66.7 Å². The molecule has 6 amide bonds. The summed E-state index contributed by atoms with van der Waals surface area (Å²) in [6.45, 7) is 6.21. The van der Waals surface area contributed by atoms with Gasteiger partial charge >= 0.3 is 6.09 Å². The van der Waals surface area contributed by atoms with Gasteiger partial charge in [-0.1, -0.05) is 61.0 Å². The van der Waals surface area contributed by atoms with Gasteiger partial charge in [-0.05, 0) is 60.1 Å². The number of nitrogens with zero attached hydrogens (tertiary/aromatic N) is 1. The first kappa shape index (κ1) is 47.9. The minimum Gasteiger partial charge on any atom is -0.449 e. The molecule has 0 aromatic heterocycles. The van der Waals surface area contributed by atoms with Gasteiger partial charge in [0.15, 0.2) is 0 Å². The fraction of sp³-hybridized carbons (Fsp3) is 0.489. The van der Waals surface area contributed by atoms with Crippen molar-refractivity contribution in [2.45, 2.75) is 56.9 Å². The fourth-order valence-electron chi connectivity index (χ4n) is 7.71. The molecule has 1 atom stereocenters. The molecular weight excluding hydrogens is 829 g/mol. The zero-order chi connectivity index (χ0) is 44.9. The molecule has 6 rings (SSSR count). The Morgan fingerprint density at radius 2 is 1.16 bits per heavy atom. The van der Waals surface area contributed by atoms with E-state index in [0.29, 0.717) is 98.7 Å². The largest absolute Gasteiger partial charge is 0.449 e. The topological polar surface area (TPSA) is 206 Å². The lowest BCUT2D eigenvalue weighted by atomic mass is 9.98. The Labute approximate surface area is 372 Å². The predicted molar refractivity (Wildman–Crippen MR) is 233 cm³/mol. The van der Waals surface area contributed by atoms with Crippen molar-refractivity contribution in [3.8, 4) is 11.1 Å². The van der Waals surface area contributed by atoms with Crippen LogP contribution in [-0.2, 0) is 47.5 Å². The second-order valence-corrected chi connectivity index (χ2v) is 15.3. The van der Waals surface area contributed by atoms with E-state index < -0.39 is 35.8 Å². The van der Waals surface area contributed by atoms with E-state index in [1.165, 1.54) is 28.3 Å². The lowest BCUT2D eigenvalue weighted by Crippen LogP contribution is -2.54. The molecule has 0 radical (unpaired) electrons. The second kappa shape index (κ2) is 25.7. The zero-order valence-corrected chi connectivity index (χ0v) is 36.1. The maximum Gasteiger partial charge on any atom is 0.407 e. The Kier molecular flexibility index (Phi) is 19.2. The standard InChI is InChI=1S/C47H58N4O13/c52-41(49-39-15-8-14-37-43(39)46(56)51(45(37)55)40-17-18-42(53)50-44(40)54)16-2-1-7-20-58-22-24-60-26-28-62-30-31-63-29-27-61-25-23-59-21-9-19-48-47(57)64-32-38-35-12-5-3-10-33(35)34-11-4-6-13-36(34)38/h3-6,8,10-15,38,40H,1-2,7,9,16-32H2,(H,48,57)(H,49,52)(H,50,53,54). The molecule has 3 N–H and O–H groups in total. The molecular formula is C47H58N4O13. The van der Waals surface area contributed by atoms with E-state index >= 15 is 0 Å². The first-order valence-corrected chi connectivity index (χ1v) is 22.0. The molecule has 344 valence electrons. The summed E-state index contributed by atoms with van der Waals surface area (Å²) in [5.74, 6) is -2.70. The van der Waals surface area contributed by atoms with E-state index in [1.807, 2.05) is 24.3 Å². The Bertz CT molecular complexity index is 2020. The summed E-state index contributed by atoms with van der Waals surface area (Å²) in [6.07, 6.45) is 2.65. The van der Waals surface area contributed by atoms with Crippen molar-refractivity contribution < 1.29 is 61.9 Å². The highest BCUT2D eigenvalue weighted by Crippen LogP contribution is 2.44. The van der Waals surface area contributed by atoms with Crippen molar-refractivity contribution in [1.82, 2.24) is 15.5 Å². The summed E-state index contributed by atoms with van der Waals surface area (Å²) in [6, 6.07) is 20.0. The minimum absolute atomic E-state index is 0.0254. The number of carbonyl (C=O) groups excluding carboxylic acids is 6. The molecule has 0 saturated carbocycles. The van der Waals surface area contributed by atoms with Crippen LogP contribution in [0.2, 0.25) is 0 Å². The normalized spacial score (nSPS) is 15.5. The van der Waals surface area contributed by atoms with Gasteiger partial charge in [-0.2, -0.15) is 0 Å². The predicted octanol–water partition coefficient (Wildman–Crippen LogP) is 4.62. The van der Waals surface area contributed by atoms with Gasteiger partial charge < -0.3 is 43.8 Å². The van der Waals surface area contributed by atoms with Gasteiger partial charge in [-0.15, -0.1) is 0 Å². The maximum atomic E-state index is 13.2. The van der Waals surface area contributed by atoms with Gasteiger partial charge in [0.05, 0.1) is 82.9 Å². The molecule has 3 aromatic rings. The summed E-state index contributed by atoms with van der Waals surface area (Å²) < 4.78 is 38.9. The summed E-state index contributed by atoms with van der Waals surface area (Å²) in [5, 5.41) is 7.70. The Morgan fingerprint density at radius 3 is 1.75 bits per heavy atom. The number of unbranched alkanes of at least 4 members (excludes halogenated alkanes) is 2. The fourth-order valence-corrected chi connectivity index (χ4v) is 7.71. The number of amides is 6. The number of hydrogen-bond donors (Lipinski definition) is 3. The number of piperidine rings is 1. The van der Waals surface area contributed by atoms with Gasteiger partial charge in [0.2, 0.25) is 17.7 Å². The Balaban J connectivity index is 0.661. The zero-order valence-electron chi connectivity index (χ0n) is 36.1. The number of rotatable bonds is 29. The smallest absolute Gasteiger partial charge is 0.407 e. The van der Waals surface area contributed by atoms with Gasteiger partial charge in [0.1, 0.15) is 12.6 Å². The van der Waals surface area contributed by atoms with Crippen molar-refractivity contribution in [2.24, 2.45) is 0 Å². The van der Waals surface area contributed by atoms with Crippen molar-refractivity contribution in [2.75, 3.05) is 97.8 Å².